The van der Waals surface area contributed by atoms with E-state index in [-0.39, 0.29) is 419 Å². The normalized spacial score (nSPS) is 0. The molecule has 0 rings (SSSR count). The molecule has 0 atom stereocenters. The van der Waals surface area contributed by atoms with Gasteiger partial charge in [-0.05, 0) is 0 Å². The van der Waals surface area contributed by atoms with E-state index in [1.54, 1.807) is 0 Å². The summed E-state index contributed by atoms with van der Waals surface area (Å²) in [5.74, 6) is 0. The van der Waals surface area contributed by atoms with E-state index in [1.165, 1.54) is 0 Å². The van der Waals surface area contributed by atoms with E-state index in [0.717, 1.165) is 0 Å². The maximum Gasteiger partial charge on any atom is 1.00 e. The first-order valence-electron chi connectivity index (χ1n) is 0. The fraction of sp³-hybridized carbons (Fsp3) is 0. The summed E-state index contributed by atoms with van der Waals surface area (Å²) in [4.78, 5) is 0. The van der Waals surface area contributed by atoms with Crippen LogP contribution in [-0.2, 0) is 0 Å². The van der Waals surface area contributed by atoms with Crippen molar-refractivity contribution in [2.45, 2.75) is 0 Å². The summed E-state index contributed by atoms with van der Waals surface area (Å²) in [6, 6.07) is 0. The molecule has 0 heterocycles. The van der Waals surface area contributed by atoms with Gasteiger partial charge < -0.3 is 7.43 Å². The molecule has 0 spiro atoms. The maximum atomic E-state index is 0. The first-order chi connectivity index (χ1) is 0. The molecule has 0 aliphatic carbocycles. The van der Waals surface area contributed by atoms with Crippen LogP contribution in [0, 0.1) is 7.43 Å². The molecular weight excluding hydrogens is 325 g/mol. The molecule has 0 aliphatic rings. The predicted octanol–water partition coefficient (Wildman–Crippen LogP) is -23.5. The van der Waals surface area contributed by atoms with Gasteiger partial charge in [-0.1, -0.05) is 0 Å². The molecule has 0 aliphatic heterocycles. The largest absolute Gasteiger partial charge is 1.00 e. The van der Waals surface area contributed by atoms with Crippen molar-refractivity contribution in [3.05, 3.63) is 7.43 Å². The van der Waals surface area contributed by atoms with Gasteiger partial charge in [0.05, 0.1) is 0 Å². The molecular formula is CH3K8+7. The summed E-state index contributed by atoms with van der Waals surface area (Å²) in [6.07, 6.45) is 0. The Morgan fingerprint density at radius 3 is 0.222 bits per heavy atom. The van der Waals surface area contributed by atoms with Crippen molar-refractivity contribution in [1.82, 2.24) is 0 Å². The van der Waals surface area contributed by atoms with Crippen LogP contribution in [0.15, 0.2) is 0 Å². The Morgan fingerprint density at radius 1 is 0.222 bits per heavy atom. The van der Waals surface area contributed by atoms with Gasteiger partial charge in [-0.15, -0.1) is 0 Å². The van der Waals surface area contributed by atoms with Crippen LogP contribution >= 0.6 is 0 Å². The van der Waals surface area contributed by atoms with Gasteiger partial charge in [0.2, 0.25) is 0 Å². The van der Waals surface area contributed by atoms with Gasteiger partial charge in [-0.25, -0.2) is 0 Å². The van der Waals surface area contributed by atoms with Crippen molar-refractivity contribution in [3.63, 3.8) is 0 Å². The molecule has 8 heteroatoms. The third kappa shape index (κ3) is 44.9. The summed E-state index contributed by atoms with van der Waals surface area (Å²) < 4.78 is 0. The van der Waals surface area contributed by atoms with Crippen LogP contribution in [0.2, 0.25) is 0 Å². The van der Waals surface area contributed by atoms with Crippen LogP contribution < -0.4 is 411 Å². The topological polar surface area (TPSA) is 0 Å². The molecule has 0 unspecified atom stereocenters. The van der Waals surface area contributed by atoms with Crippen molar-refractivity contribution >= 4 is 0 Å². The summed E-state index contributed by atoms with van der Waals surface area (Å²) in [7, 11) is 0. The fourth-order valence-corrected chi connectivity index (χ4v) is 0. The smallest absolute Gasteiger partial charge is 0.358 e. The summed E-state index contributed by atoms with van der Waals surface area (Å²) >= 11 is 0. The molecule has 9 heavy (non-hydrogen) atoms. The maximum absolute atomic E-state index is 0. The quantitative estimate of drug-likeness (QED) is 0.306. The van der Waals surface area contributed by atoms with E-state index in [2.05, 4.69) is 0 Å². The standard InChI is InChI=1S/CH3.8K/h1H3;;;;;;;;/q-1;8*+1. The molecule has 8 valence electrons. The minimum atomic E-state index is 0. The van der Waals surface area contributed by atoms with Crippen LogP contribution in [0.1, 0.15) is 0 Å². The van der Waals surface area contributed by atoms with Crippen molar-refractivity contribution in [1.29, 1.82) is 0 Å². The van der Waals surface area contributed by atoms with Crippen LogP contribution in [0.3, 0.4) is 0 Å². The third-order valence-corrected chi connectivity index (χ3v) is 0. The molecule has 0 amide bonds. The van der Waals surface area contributed by atoms with Crippen molar-refractivity contribution in [2.75, 3.05) is 0 Å². The Morgan fingerprint density at radius 2 is 0.222 bits per heavy atom. The minimum absolute atomic E-state index is 0. The Bertz CT molecular complexity index is 4.53. The second-order valence-corrected chi connectivity index (χ2v) is 0. The predicted molar refractivity (Wildman–Crippen MR) is 6.41 cm³/mol. The molecule has 0 nitrogen and oxygen atoms in total. The molecule has 0 aromatic carbocycles. The van der Waals surface area contributed by atoms with E-state index >= 15 is 0 Å². The second kappa shape index (κ2) is 49.7. The van der Waals surface area contributed by atoms with Gasteiger partial charge in [-0.3, -0.25) is 0 Å². The van der Waals surface area contributed by atoms with Crippen molar-refractivity contribution in [3.8, 4) is 0 Å². The Labute approximate surface area is 400 Å². The van der Waals surface area contributed by atoms with E-state index in [9.17, 15) is 0 Å². The Hall–Kier alpha value is 13.1. The molecule has 0 N–H and O–H groups in total. The zero-order valence-corrected chi connectivity index (χ0v) is 34.0. The first kappa shape index (κ1) is 57.3. The Kier molecular flexibility index (Phi) is 317. The van der Waals surface area contributed by atoms with Crippen LogP contribution in [0.5, 0.6) is 0 Å². The average molecular weight is 328 g/mol. The molecule has 0 radical (unpaired) electrons. The zero-order chi connectivity index (χ0) is 0. The van der Waals surface area contributed by atoms with Crippen molar-refractivity contribution < 1.29 is 411 Å². The summed E-state index contributed by atoms with van der Waals surface area (Å²) in [5.41, 5.74) is 0. The van der Waals surface area contributed by atoms with E-state index < -0.39 is 0 Å². The van der Waals surface area contributed by atoms with E-state index in [0.29, 0.717) is 0 Å². The molecule has 0 bridgehead atoms. The third-order valence-electron chi connectivity index (χ3n) is 0. The molecule has 0 fully saturated rings. The molecule has 0 saturated carbocycles. The van der Waals surface area contributed by atoms with Crippen molar-refractivity contribution in [2.24, 2.45) is 0 Å². The van der Waals surface area contributed by atoms with Gasteiger partial charge in [-0.2, -0.15) is 0 Å². The zero-order valence-electron chi connectivity index (χ0n) is 9.00. The number of rotatable bonds is 0. The van der Waals surface area contributed by atoms with Crippen LogP contribution in [0.25, 0.3) is 0 Å². The minimum Gasteiger partial charge on any atom is -0.358 e. The van der Waals surface area contributed by atoms with Gasteiger partial charge in [0, 0.05) is 0 Å². The van der Waals surface area contributed by atoms with Gasteiger partial charge in [0.1, 0.15) is 0 Å². The average Bonchev–Trinajstić information content (AvgIpc) is 0. The molecule has 0 saturated heterocycles. The van der Waals surface area contributed by atoms with E-state index in [1.807, 2.05) is 0 Å². The first-order valence-corrected chi connectivity index (χ1v) is 0. The molecule has 0 aromatic rings. The molecule has 0 aromatic heterocycles. The SMILES string of the molecule is [CH3-].[K+].[K+].[K+].[K+].[K+].[K+].[K+].[K+]. The second-order valence-electron chi connectivity index (χ2n) is 0. The van der Waals surface area contributed by atoms with Crippen LogP contribution in [0.4, 0.5) is 0 Å². The van der Waals surface area contributed by atoms with Crippen LogP contribution in [-0.4, -0.2) is 0 Å². The Balaban J connectivity index is 0. The van der Waals surface area contributed by atoms with Gasteiger partial charge >= 0.3 is 411 Å². The fourth-order valence-electron chi connectivity index (χ4n) is 0. The van der Waals surface area contributed by atoms with E-state index in [4.69, 9.17) is 0 Å². The number of hydrogen-bond donors (Lipinski definition) is 0. The summed E-state index contributed by atoms with van der Waals surface area (Å²) in [6.45, 7) is 0. The van der Waals surface area contributed by atoms with Gasteiger partial charge in [0.25, 0.3) is 0 Å². The van der Waals surface area contributed by atoms with Gasteiger partial charge in [0.15, 0.2) is 0 Å². The monoisotopic (exact) mass is 327 g/mol. The number of hydrogen-bond acceptors (Lipinski definition) is 0. The summed E-state index contributed by atoms with van der Waals surface area (Å²) in [5, 5.41) is 0.